The summed E-state index contributed by atoms with van der Waals surface area (Å²) in [5, 5.41) is 218. The van der Waals surface area contributed by atoms with Crippen molar-refractivity contribution in [2.45, 2.75) is 297 Å². The minimum Gasteiger partial charge on any atom is -0.481 e. The van der Waals surface area contributed by atoms with Crippen molar-refractivity contribution < 1.29 is 234 Å². The molecule has 0 aromatic rings. The highest BCUT2D eigenvalue weighted by Crippen LogP contribution is 2.43. The summed E-state index contributed by atoms with van der Waals surface area (Å²) in [6.45, 7) is 0.752. The Bertz CT molecular complexity index is 3450. The van der Waals surface area contributed by atoms with E-state index in [1.165, 1.54) is 0 Å². The van der Waals surface area contributed by atoms with Crippen LogP contribution in [0.15, 0.2) is 0 Å². The number of carbonyl (C=O) groups excluding carboxylic acids is 6. The molecule has 26 heterocycles. The van der Waals surface area contributed by atoms with Gasteiger partial charge in [-0.05, 0) is 48.7 Å². The summed E-state index contributed by atoms with van der Waals surface area (Å²) in [7, 11) is 2.29. The van der Waals surface area contributed by atoms with Crippen molar-refractivity contribution in [3.63, 3.8) is 0 Å². The van der Waals surface area contributed by atoms with Gasteiger partial charge < -0.3 is 196 Å². The minimum atomic E-state index is -2.28. The Balaban J connectivity index is 1.13. The van der Waals surface area contributed by atoms with E-state index in [9.17, 15) is 130 Å². The first-order chi connectivity index (χ1) is 64.4. The number of carbonyl (C=O) groups is 8. The molecular weight excluding hydrogens is 1960 g/mol. The Morgan fingerprint density at radius 3 is 0.612 bits per heavy atom. The fourth-order valence-electron chi connectivity index (χ4n) is 15.4. The van der Waals surface area contributed by atoms with Gasteiger partial charge in [0.2, 0.25) is 0 Å². The molecule has 26 fully saturated rings. The van der Waals surface area contributed by atoms with Crippen molar-refractivity contribution >= 4 is 144 Å². The lowest BCUT2D eigenvalue weighted by atomic mass is 9.95. The zero-order valence-electron chi connectivity index (χ0n) is 72.8. The number of thioether (sulfide) groups is 8. The number of aliphatic hydroxyl groups excluding tert-OH is 16. The molecule has 26 rings (SSSR count). The van der Waals surface area contributed by atoms with Gasteiger partial charge in [-0.3, -0.25) is 38.4 Å². The molecule has 26 aliphatic rings. The predicted octanol–water partition coefficient (Wildman–Crippen LogP) is -7.15. The van der Waals surface area contributed by atoms with E-state index in [4.69, 9.17) is 104 Å². The molecule has 56 heteroatoms. The molecule has 0 aliphatic carbocycles. The van der Waals surface area contributed by atoms with Gasteiger partial charge in [0.05, 0.1) is 115 Å². The smallest absolute Gasteiger partial charge is 0.306 e. The first kappa shape index (κ1) is 115. The van der Waals surface area contributed by atoms with E-state index in [1.807, 2.05) is 0 Å². The Morgan fingerprint density at radius 2 is 0.410 bits per heavy atom. The highest BCUT2D eigenvalue weighted by molar-refractivity contribution is 8.00. The van der Waals surface area contributed by atoms with Gasteiger partial charge >= 0.3 is 23.9 Å². The normalized spacial score (nSPS) is 40.0. The van der Waals surface area contributed by atoms with Crippen LogP contribution in [0.2, 0.25) is 0 Å². The van der Waals surface area contributed by atoms with Gasteiger partial charge in [0.15, 0.2) is 50.3 Å². The lowest BCUT2D eigenvalue weighted by Crippen LogP contribution is -2.68. The summed E-state index contributed by atoms with van der Waals surface area (Å²) in [4.78, 5) is 93.2. The standard InChI is InChI=1S/C78H124O48S8/c1-105-45(87)9-21-133-29-41-67-51(93)58(100)75(116-41)122-66-40(28-132-20-8-44(85)86)115-74(57(99)50(66)92)124-68-42(30-134-22-10-46(88)106-2)117-76(59(101)52(68)94)121-65-39(27-131-19-7-43(83)84)114-73(56(98)49(65)91)120-64-37(25-129-17-5-13-109-33-81)118-77(61(103)54(64)96)126-70-47(89)35(23-127-15-3-11-107-31-79)111-78(62(70)104)125-69-38(26-130-18-6-14-110-34-82)113-72(60(102)53(69)95)119-63-36(24-128-16-4-12-108-32-80)112-71(123-67)55(97)48(63)90/h31-42,47-78,89-104H,3-30H2,1-2H3,(H,83,84)(H,85,86)/t35?,36?,37?,38?,39?,40?,41?,42?,47-,48-,49-,50-,51-,52-,53-,54-,55?,56?,57?,58?,59?,60?,61?,62?,63-,64-,65-,66-,67-,68-,69-,70+,71-,72-,73-,74-,75-,76-,77-,78+/m1/s1. The van der Waals surface area contributed by atoms with E-state index in [2.05, 4.69) is 0 Å². The van der Waals surface area contributed by atoms with Gasteiger partial charge in [-0.25, -0.2) is 0 Å². The second-order valence-electron chi connectivity index (χ2n) is 31.8. The van der Waals surface area contributed by atoms with Crippen LogP contribution in [0, 0.1) is 0 Å². The quantitative estimate of drug-likeness (QED) is 0.0116. The average Bonchev–Trinajstić information content (AvgIpc) is 0.772. The van der Waals surface area contributed by atoms with E-state index >= 15 is 0 Å². The van der Waals surface area contributed by atoms with Gasteiger partial charge in [-0.1, -0.05) is 0 Å². The second kappa shape index (κ2) is 59.5. The number of hydrogen-bond acceptors (Lipinski definition) is 54. The molecule has 16 unspecified atom stereocenters. The minimum absolute atomic E-state index is 0.00204. The molecule has 26 saturated heterocycles. The zero-order valence-corrected chi connectivity index (χ0v) is 79.3. The molecule has 0 radical (unpaired) electrons. The first-order valence-electron chi connectivity index (χ1n) is 43.2. The largest absolute Gasteiger partial charge is 0.481 e. The fraction of sp³-hybridized carbons (Fsp3) is 0.897. The van der Waals surface area contributed by atoms with E-state index in [-0.39, 0.29) is 183 Å². The third-order valence-corrected chi connectivity index (χ3v) is 31.3. The number of aliphatic hydroxyl groups is 16. The van der Waals surface area contributed by atoms with E-state index < -0.39 is 282 Å². The number of carboxylic acids is 2. The number of rotatable bonds is 48. The molecule has 26 aliphatic heterocycles. The molecule has 134 heavy (non-hydrogen) atoms. The van der Waals surface area contributed by atoms with Crippen LogP contribution in [-0.2, 0) is 143 Å². The lowest BCUT2D eigenvalue weighted by molar-refractivity contribution is -0.392. The number of esters is 2. The number of ether oxygens (including phenoxy) is 22. The number of aliphatic carboxylic acids is 2. The topological polar surface area (TPSA) is 704 Å². The monoisotopic (exact) mass is 2080 g/mol. The highest BCUT2D eigenvalue weighted by atomic mass is 32.2. The molecule has 16 bridgehead atoms. The fourth-order valence-corrected chi connectivity index (χ4v) is 23.3. The summed E-state index contributed by atoms with van der Waals surface area (Å²) in [6.07, 6.45) is -79.1. The zero-order chi connectivity index (χ0) is 97.2. The molecule has 772 valence electrons. The third-order valence-electron chi connectivity index (χ3n) is 22.5. The van der Waals surface area contributed by atoms with E-state index in [0.29, 0.717) is 0 Å². The second-order valence-corrected chi connectivity index (χ2v) is 41.0. The van der Waals surface area contributed by atoms with Crippen molar-refractivity contribution in [2.75, 3.05) is 133 Å². The van der Waals surface area contributed by atoms with Crippen LogP contribution in [-0.4, -0.2) is 520 Å². The van der Waals surface area contributed by atoms with E-state index in [0.717, 1.165) is 108 Å². The number of carboxylic acid groups (broad SMARTS) is 2. The van der Waals surface area contributed by atoms with Gasteiger partial charge in [0, 0.05) is 69.0 Å². The maximum Gasteiger partial charge on any atom is 0.306 e. The molecule has 0 saturated carbocycles. The van der Waals surface area contributed by atoms with Crippen LogP contribution in [0.1, 0.15) is 51.4 Å². The molecule has 0 aromatic carbocycles. The van der Waals surface area contributed by atoms with Gasteiger partial charge in [0.25, 0.3) is 25.9 Å². The Hall–Kier alpha value is -2.72. The molecule has 40 atom stereocenters. The van der Waals surface area contributed by atoms with Crippen molar-refractivity contribution in [1.82, 2.24) is 0 Å². The van der Waals surface area contributed by atoms with Crippen molar-refractivity contribution in [1.29, 1.82) is 0 Å². The van der Waals surface area contributed by atoms with E-state index in [1.54, 1.807) is 0 Å². The maximum atomic E-state index is 12.6. The SMILES string of the molecule is COC(=O)CCSCC1O[C@@H]2O[C@@H]3C(CSCCC(=O)O)O[C@H](O[C@@H]4C(CSCCCOC=O)O[C@H](O[C@@H]5C(O)[C@@H](OC(CSCCCOC=O)[C@H]5O)O[C@@H]5C(CSCCCOC=O)O[C@H](O[C@@H]6C(CSCCCOC=O)O[C@H](O[C@@H]7C(CSCCC(=O)OC)O[C@H](O[C@@H]8C(CSCCC(=O)O)O[C@H](O[C@H]1[C@H](O)C2O)C(O)[C@H]8O)C(O)[C@H]7O)C(O)[C@H]6O)C(O)[C@H]5O)C(O)[C@H]4O)C(O)[C@H]3O. The molecule has 18 N–H and O–H groups in total. The van der Waals surface area contributed by atoms with Gasteiger partial charge in [-0.15, -0.1) is 0 Å². The summed E-state index contributed by atoms with van der Waals surface area (Å²) in [5.41, 5.74) is 0. The van der Waals surface area contributed by atoms with Crippen LogP contribution in [0.4, 0.5) is 0 Å². The van der Waals surface area contributed by atoms with Crippen molar-refractivity contribution in [3.05, 3.63) is 0 Å². The Morgan fingerprint density at radius 1 is 0.231 bits per heavy atom. The number of methoxy groups -OCH3 is 2. The third kappa shape index (κ3) is 33.2. The lowest BCUT2D eigenvalue weighted by Gasteiger charge is -2.50. The molecule has 0 aromatic heterocycles. The predicted molar refractivity (Wildman–Crippen MR) is 467 cm³/mol. The van der Waals surface area contributed by atoms with Crippen LogP contribution in [0.3, 0.4) is 0 Å². The van der Waals surface area contributed by atoms with Gasteiger partial charge in [0.1, 0.15) is 146 Å². The highest BCUT2D eigenvalue weighted by Gasteiger charge is 2.61. The molecule has 0 amide bonds. The Labute approximate surface area is 803 Å². The summed E-state index contributed by atoms with van der Waals surface area (Å²) in [6, 6.07) is 0. The van der Waals surface area contributed by atoms with Crippen LogP contribution in [0.5, 0.6) is 0 Å². The van der Waals surface area contributed by atoms with Crippen LogP contribution >= 0.6 is 94.1 Å². The van der Waals surface area contributed by atoms with Crippen molar-refractivity contribution in [3.8, 4) is 0 Å². The van der Waals surface area contributed by atoms with Crippen molar-refractivity contribution in [2.24, 2.45) is 0 Å². The Kier molecular flexibility index (Phi) is 51.0. The van der Waals surface area contributed by atoms with Crippen LogP contribution in [0.25, 0.3) is 0 Å². The summed E-state index contributed by atoms with van der Waals surface area (Å²) < 4.78 is 132. The summed E-state index contributed by atoms with van der Waals surface area (Å²) >= 11 is 8.41. The van der Waals surface area contributed by atoms with Crippen LogP contribution < -0.4 is 0 Å². The molecule has 0 spiro atoms. The summed E-state index contributed by atoms with van der Waals surface area (Å²) in [5.74, 6) is -5.10. The van der Waals surface area contributed by atoms with Gasteiger partial charge in [-0.2, -0.15) is 94.1 Å². The average molecular weight is 2090 g/mol. The number of hydrogen-bond donors (Lipinski definition) is 18. The first-order valence-corrected chi connectivity index (χ1v) is 52.4. The molecular formula is C78H124O48S8. The maximum absolute atomic E-state index is 12.6. The molecule has 48 nitrogen and oxygen atoms in total.